The van der Waals surface area contributed by atoms with Crippen molar-refractivity contribution in [2.75, 3.05) is 25.0 Å². The molecule has 2 N–H and O–H groups in total. The van der Waals surface area contributed by atoms with Gasteiger partial charge >= 0.3 is 0 Å². The predicted molar refractivity (Wildman–Crippen MR) is 96.2 cm³/mol. The fourth-order valence-corrected chi connectivity index (χ4v) is 3.83. The average molecular weight is 343 g/mol. The highest BCUT2D eigenvalue weighted by Gasteiger charge is 2.32. The van der Waals surface area contributed by atoms with E-state index in [-0.39, 0.29) is 24.4 Å². The van der Waals surface area contributed by atoms with Crippen molar-refractivity contribution < 1.29 is 9.59 Å². The van der Waals surface area contributed by atoms with Gasteiger partial charge < -0.3 is 10.6 Å². The van der Waals surface area contributed by atoms with E-state index in [0.717, 1.165) is 21.7 Å². The number of piperazine rings is 1. The number of anilines is 1. The highest BCUT2D eigenvalue weighted by atomic mass is 32.1. The summed E-state index contributed by atoms with van der Waals surface area (Å²) in [5.41, 5.74) is 3.02. The molecular formula is C18H21N3O2S. The lowest BCUT2D eigenvalue weighted by Gasteiger charge is -2.33. The summed E-state index contributed by atoms with van der Waals surface area (Å²) in [6.07, 6.45) is 0. The first kappa shape index (κ1) is 16.7. The Labute approximate surface area is 145 Å². The SMILES string of the molecule is Cc1ccc(NC(=O)CN2CCNC(=O)[C@@H]2c2cccs2)c(C)c1. The fraction of sp³-hybridized carbons (Fsp3) is 0.333. The third-order valence-corrected chi connectivity index (χ3v) is 5.05. The van der Waals surface area contributed by atoms with Crippen LogP contribution in [0.4, 0.5) is 5.69 Å². The monoisotopic (exact) mass is 343 g/mol. The van der Waals surface area contributed by atoms with Crippen LogP contribution in [0, 0.1) is 13.8 Å². The zero-order chi connectivity index (χ0) is 17.1. The first-order valence-corrected chi connectivity index (χ1v) is 8.85. The number of benzene rings is 1. The van der Waals surface area contributed by atoms with Crippen LogP contribution in [0.15, 0.2) is 35.7 Å². The van der Waals surface area contributed by atoms with Crippen molar-refractivity contribution in [1.29, 1.82) is 0 Å². The Balaban J connectivity index is 1.71. The molecule has 1 aromatic carbocycles. The second-order valence-corrected chi connectivity index (χ2v) is 7.03. The van der Waals surface area contributed by atoms with Crippen molar-refractivity contribution >= 4 is 28.8 Å². The molecule has 5 nitrogen and oxygen atoms in total. The van der Waals surface area contributed by atoms with Crippen molar-refractivity contribution in [2.45, 2.75) is 19.9 Å². The van der Waals surface area contributed by atoms with Crippen LogP contribution in [0.5, 0.6) is 0 Å². The molecule has 0 bridgehead atoms. The molecule has 0 aliphatic carbocycles. The molecule has 1 fully saturated rings. The van der Waals surface area contributed by atoms with Gasteiger partial charge in [0.1, 0.15) is 6.04 Å². The van der Waals surface area contributed by atoms with E-state index < -0.39 is 0 Å². The minimum absolute atomic E-state index is 0.0389. The highest BCUT2D eigenvalue weighted by molar-refractivity contribution is 7.10. The molecule has 126 valence electrons. The van der Waals surface area contributed by atoms with E-state index >= 15 is 0 Å². The minimum atomic E-state index is -0.386. The summed E-state index contributed by atoms with van der Waals surface area (Å²) in [7, 11) is 0. The number of carbonyl (C=O) groups is 2. The molecular weight excluding hydrogens is 322 g/mol. The number of aryl methyl sites for hydroxylation is 2. The van der Waals surface area contributed by atoms with E-state index in [1.807, 2.05) is 54.5 Å². The second-order valence-electron chi connectivity index (χ2n) is 6.05. The van der Waals surface area contributed by atoms with Gasteiger partial charge in [0.25, 0.3) is 0 Å². The van der Waals surface area contributed by atoms with Crippen LogP contribution in [0.1, 0.15) is 22.0 Å². The first-order chi connectivity index (χ1) is 11.5. The summed E-state index contributed by atoms with van der Waals surface area (Å²) in [5.74, 6) is -0.138. The van der Waals surface area contributed by atoms with E-state index in [2.05, 4.69) is 10.6 Å². The molecule has 2 aromatic rings. The van der Waals surface area contributed by atoms with Crippen molar-refractivity contribution in [1.82, 2.24) is 10.2 Å². The third-order valence-electron chi connectivity index (χ3n) is 4.13. The highest BCUT2D eigenvalue weighted by Crippen LogP contribution is 2.27. The van der Waals surface area contributed by atoms with Crippen LogP contribution in [-0.4, -0.2) is 36.3 Å². The van der Waals surface area contributed by atoms with Crippen LogP contribution >= 0.6 is 11.3 Å². The van der Waals surface area contributed by atoms with Gasteiger partial charge in [-0.15, -0.1) is 11.3 Å². The normalized spacial score (nSPS) is 18.2. The number of rotatable bonds is 4. The predicted octanol–water partition coefficient (Wildman–Crippen LogP) is 2.48. The Kier molecular flexibility index (Phi) is 4.97. The van der Waals surface area contributed by atoms with Crippen LogP contribution in [0.3, 0.4) is 0 Å². The van der Waals surface area contributed by atoms with Crippen molar-refractivity contribution in [3.63, 3.8) is 0 Å². The summed E-state index contributed by atoms with van der Waals surface area (Å²) in [6.45, 7) is 5.43. The van der Waals surface area contributed by atoms with E-state index in [1.54, 1.807) is 0 Å². The number of amides is 2. The van der Waals surface area contributed by atoms with Crippen LogP contribution in [0.25, 0.3) is 0 Å². The molecule has 6 heteroatoms. The number of nitrogens with one attached hydrogen (secondary N) is 2. The Morgan fingerprint density at radius 3 is 2.92 bits per heavy atom. The molecule has 0 spiro atoms. The number of thiophene rings is 1. The van der Waals surface area contributed by atoms with Crippen molar-refractivity contribution in [2.24, 2.45) is 0 Å². The molecule has 24 heavy (non-hydrogen) atoms. The third kappa shape index (κ3) is 3.66. The van der Waals surface area contributed by atoms with Gasteiger partial charge in [-0.2, -0.15) is 0 Å². The molecule has 1 saturated heterocycles. The van der Waals surface area contributed by atoms with Crippen molar-refractivity contribution in [3.05, 3.63) is 51.7 Å². The fourth-order valence-electron chi connectivity index (χ4n) is 2.97. The van der Waals surface area contributed by atoms with Gasteiger partial charge in [-0.25, -0.2) is 0 Å². The molecule has 3 rings (SSSR count). The van der Waals surface area contributed by atoms with Gasteiger partial charge in [-0.05, 0) is 36.9 Å². The van der Waals surface area contributed by atoms with Gasteiger partial charge in [0.05, 0.1) is 6.54 Å². The summed E-state index contributed by atoms with van der Waals surface area (Å²) in [6, 6.07) is 9.42. The number of carbonyl (C=O) groups excluding carboxylic acids is 2. The lowest BCUT2D eigenvalue weighted by atomic mass is 10.1. The number of hydrogen-bond acceptors (Lipinski definition) is 4. The van der Waals surface area contributed by atoms with Gasteiger partial charge in [0, 0.05) is 23.7 Å². The molecule has 0 saturated carbocycles. The molecule has 1 atom stereocenters. The zero-order valence-corrected chi connectivity index (χ0v) is 14.7. The van der Waals surface area contributed by atoms with E-state index in [0.29, 0.717) is 13.1 Å². The van der Waals surface area contributed by atoms with Gasteiger partial charge in [0.2, 0.25) is 11.8 Å². The summed E-state index contributed by atoms with van der Waals surface area (Å²) in [5, 5.41) is 7.79. The number of nitrogens with zero attached hydrogens (tertiary/aromatic N) is 1. The maximum absolute atomic E-state index is 12.5. The van der Waals surface area contributed by atoms with Crippen LogP contribution in [0.2, 0.25) is 0 Å². The molecule has 1 aromatic heterocycles. The van der Waals surface area contributed by atoms with Crippen molar-refractivity contribution in [3.8, 4) is 0 Å². The molecule has 2 amide bonds. The maximum atomic E-state index is 12.5. The molecule has 0 unspecified atom stereocenters. The quantitative estimate of drug-likeness (QED) is 0.896. The van der Waals surface area contributed by atoms with E-state index in [1.165, 1.54) is 11.3 Å². The Morgan fingerprint density at radius 1 is 1.38 bits per heavy atom. The standard InChI is InChI=1S/C18H21N3O2S/c1-12-5-6-14(13(2)10-12)20-16(22)11-21-8-7-19-18(23)17(21)15-4-3-9-24-15/h3-6,9-10,17H,7-8,11H2,1-2H3,(H,19,23)(H,20,22)/t17-/m0/s1. The Morgan fingerprint density at radius 2 is 2.21 bits per heavy atom. The van der Waals surface area contributed by atoms with Gasteiger partial charge in [-0.1, -0.05) is 23.8 Å². The first-order valence-electron chi connectivity index (χ1n) is 7.97. The van der Waals surface area contributed by atoms with Crippen LogP contribution in [-0.2, 0) is 9.59 Å². The number of hydrogen-bond donors (Lipinski definition) is 2. The smallest absolute Gasteiger partial charge is 0.242 e. The largest absolute Gasteiger partial charge is 0.353 e. The second kappa shape index (κ2) is 7.15. The zero-order valence-electron chi connectivity index (χ0n) is 13.8. The average Bonchev–Trinajstić information content (AvgIpc) is 3.04. The van der Waals surface area contributed by atoms with Gasteiger partial charge in [-0.3, -0.25) is 14.5 Å². The van der Waals surface area contributed by atoms with Crippen LogP contribution < -0.4 is 10.6 Å². The minimum Gasteiger partial charge on any atom is -0.353 e. The van der Waals surface area contributed by atoms with E-state index in [4.69, 9.17) is 0 Å². The summed E-state index contributed by atoms with van der Waals surface area (Å²) < 4.78 is 0. The maximum Gasteiger partial charge on any atom is 0.242 e. The molecule has 2 heterocycles. The lowest BCUT2D eigenvalue weighted by Crippen LogP contribution is -2.51. The Bertz CT molecular complexity index is 743. The summed E-state index contributed by atoms with van der Waals surface area (Å²) >= 11 is 1.54. The van der Waals surface area contributed by atoms with Gasteiger partial charge in [0.15, 0.2) is 0 Å². The summed E-state index contributed by atoms with van der Waals surface area (Å²) in [4.78, 5) is 27.6. The molecule has 1 aliphatic rings. The molecule has 0 radical (unpaired) electrons. The topological polar surface area (TPSA) is 61.4 Å². The van der Waals surface area contributed by atoms with E-state index in [9.17, 15) is 9.59 Å². The Hall–Kier alpha value is -2.18. The molecule has 1 aliphatic heterocycles. The lowest BCUT2D eigenvalue weighted by molar-refractivity contribution is -0.130.